The number of ether oxygens (including phenoxy) is 1. The summed E-state index contributed by atoms with van der Waals surface area (Å²) in [5, 5.41) is 27.8. The molecule has 1 aliphatic heterocycles. The Morgan fingerprint density at radius 1 is 1.25 bits per heavy atom. The molecular weight excluding hydrogens is 360 g/mol. The Labute approximate surface area is 162 Å². The minimum absolute atomic E-state index is 0.405. The average Bonchev–Trinajstić information content (AvgIpc) is 3.10. The van der Waals surface area contributed by atoms with Crippen molar-refractivity contribution in [3.05, 3.63) is 48.4 Å². The van der Waals surface area contributed by atoms with Crippen molar-refractivity contribution in [2.45, 2.75) is 24.8 Å². The predicted molar refractivity (Wildman–Crippen MR) is 105 cm³/mol. The molecular formula is C19H24N6O3. The number of anilines is 2. The Morgan fingerprint density at radius 2 is 2.04 bits per heavy atom. The van der Waals surface area contributed by atoms with Crippen molar-refractivity contribution < 1.29 is 14.9 Å². The van der Waals surface area contributed by atoms with E-state index in [2.05, 4.69) is 15.4 Å². The van der Waals surface area contributed by atoms with E-state index in [1.807, 2.05) is 41.4 Å². The summed E-state index contributed by atoms with van der Waals surface area (Å²) in [7, 11) is 1.63. The van der Waals surface area contributed by atoms with Crippen LogP contribution in [0.5, 0.6) is 5.75 Å². The number of likely N-dealkylation sites (tertiary alicyclic amines) is 1. The van der Waals surface area contributed by atoms with E-state index in [0.29, 0.717) is 25.5 Å². The Balaban J connectivity index is 1.62. The van der Waals surface area contributed by atoms with Crippen LogP contribution >= 0.6 is 0 Å². The van der Waals surface area contributed by atoms with Crippen molar-refractivity contribution >= 4 is 17.0 Å². The molecule has 0 saturated carbocycles. The van der Waals surface area contributed by atoms with Gasteiger partial charge < -0.3 is 26.0 Å². The minimum atomic E-state index is -0.761. The summed E-state index contributed by atoms with van der Waals surface area (Å²) >= 11 is 0. The maximum Gasteiger partial charge on any atom is 0.158 e. The van der Waals surface area contributed by atoms with Gasteiger partial charge in [-0.2, -0.15) is 5.10 Å². The number of nitrogens with zero attached hydrogens (tertiary/aromatic N) is 4. The molecule has 0 amide bonds. The molecule has 1 aromatic carbocycles. The molecule has 0 bridgehead atoms. The topological polar surface area (TPSA) is 121 Å². The molecule has 9 nitrogen and oxygen atoms in total. The summed E-state index contributed by atoms with van der Waals surface area (Å²) in [6.07, 6.45) is 1.84. The van der Waals surface area contributed by atoms with Crippen LogP contribution in [-0.4, -0.2) is 68.2 Å². The highest BCUT2D eigenvalue weighted by Gasteiger charge is 2.32. The first-order chi connectivity index (χ1) is 13.5. The van der Waals surface area contributed by atoms with E-state index in [9.17, 15) is 10.2 Å². The molecule has 0 spiro atoms. The Bertz CT molecular complexity index is 950. The van der Waals surface area contributed by atoms with Gasteiger partial charge in [-0.3, -0.25) is 4.90 Å². The van der Waals surface area contributed by atoms with Crippen LogP contribution in [0.15, 0.2) is 42.9 Å². The summed E-state index contributed by atoms with van der Waals surface area (Å²) in [5.41, 5.74) is 8.48. The molecule has 1 saturated heterocycles. The highest BCUT2D eigenvalue weighted by Crippen LogP contribution is 2.26. The number of aliphatic hydroxyl groups is 2. The number of nitrogens with one attached hydrogen (secondary N) is 1. The lowest BCUT2D eigenvalue weighted by Gasteiger charge is -2.37. The molecule has 3 aromatic rings. The van der Waals surface area contributed by atoms with Gasteiger partial charge in [0.05, 0.1) is 25.4 Å². The van der Waals surface area contributed by atoms with E-state index in [1.54, 1.807) is 11.6 Å². The second kappa shape index (κ2) is 7.72. The first kappa shape index (κ1) is 18.6. The molecule has 1 fully saturated rings. The van der Waals surface area contributed by atoms with Crippen molar-refractivity contribution in [2.24, 2.45) is 5.73 Å². The van der Waals surface area contributed by atoms with Gasteiger partial charge in [0.2, 0.25) is 0 Å². The lowest BCUT2D eigenvalue weighted by molar-refractivity contribution is -0.0289. The molecule has 4 rings (SSSR count). The van der Waals surface area contributed by atoms with Crippen molar-refractivity contribution in [3.63, 3.8) is 0 Å². The lowest BCUT2D eigenvalue weighted by atomic mass is 9.99. The number of benzene rings is 1. The Hall–Kier alpha value is -2.72. The van der Waals surface area contributed by atoms with Gasteiger partial charge in [-0.15, -0.1) is 0 Å². The number of hydrogen-bond donors (Lipinski definition) is 4. The third kappa shape index (κ3) is 3.65. The highest BCUT2D eigenvalue weighted by molar-refractivity contribution is 5.76. The summed E-state index contributed by atoms with van der Waals surface area (Å²) in [6, 6.07) is 8.95. The zero-order valence-corrected chi connectivity index (χ0v) is 15.6. The Kier molecular flexibility index (Phi) is 5.14. The smallest absolute Gasteiger partial charge is 0.158 e. The van der Waals surface area contributed by atoms with E-state index in [1.165, 1.54) is 6.33 Å². The van der Waals surface area contributed by atoms with Crippen LogP contribution in [-0.2, 0) is 6.54 Å². The van der Waals surface area contributed by atoms with Crippen LogP contribution in [0.25, 0.3) is 5.52 Å². The van der Waals surface area contributed by atoms with Gasteiger partial charge in [0.15, 0.2) is 5.82 Å². The van der Waals surface area contributed by atoms with Crippen LogP contribution < -0.4 is 15.8 Å². The van der Waals surface area contributed by atoms with Crippen molar-refractivity contribution in [2.75, 3.05) is 25.5 Å². The highest BCUT2D eigenvalue weighted by atomic mass is 16.5. The van der Waals surface area contributed by atoms with Gasteiger partial charge in [0.25, 0.3) is 0 Å². The van der Waals surface area contributed by atoms with Crippen LogP contribution in [0.1, 0.15) is 5.56 Å². The van der Waals surface area contributed by atoms with Crippen molar-refractivity contribution in [1.82, 2.24) is 19.5 Å². The predicted octanol–water partition coefficient (Wildman–Crippen LogP) is 0.346. The molecule has 5 N–H and O–H groups in total. The summed E-state index contributed by atoms with van der Waals surface area (Å²) in [6.45, 7) is 1.35. The van der Waals surface area contributed by atoms with Crippen LogP contribution in [0, 0.1) is 0 Å². The molecule has 1 aliphatic rings. The molecule has 0 aliphatic carbocycles. The number of rotatable bonds is 5. The number of β-amino-alcohol motifs (C(OH)–C–C–N with tert-alkyl or cyclic N) is 2. The van der Waals surface area contributed by atoms with E-state index >= 15 is 0 Å². The number of methoxy groups -OCH3 is 1. The Morgan fingerprint density at radius 3 is 2.79 bits per heavy atom. The zero-order valence-electron chi connectivity index (χ0n) is 15.6. The van der Waals surface area contributed by atoms with Crippen molar-refractivity contribution in [1.29, 1.82) is 0 Å². The summed E-state index contributed by atoms with van der Waals surface area (Å²) in [5.74, 6) is 1.41. The number of nitrogens with two attached hydrogens (primary N) is 1. The number of fused-ring (bicyclic) bond motifs is 1. The minimum Gasteiger partial charge on any atom is -0.497 e. The van der Waals surface area contributed by atoms with Crippen LogP contribution in [0.4, 0.5) is 11.5 Å². The lowest BCUT2D eigenvalue weighted by Crippen LogP contribution is -2.58. The SMILES string of the molecule is COc1cccc(Nc2ncnn3ccc(CN4C[C@@H](O)C(N)[C@H](O)C4)c23)c1. The van der Waals surface area contributed by atoms with E-state index in [-0.39, 0.29) is 0 Å². The molecule has 0 radical (unpaired) electrons. The van der Waals surface area contributed by atoms with Crippen LogP contribution in [0.2, 0.25) is 0 Å². The fourth-order valence-electron chi connectivity index (χ4n) is 3.55. The molecule has 2 aromatic heterocycles. The maximum atomic E-state index is 10.1. The molecule has 9 heteroatoms. The third-order valence-electron chi connectivity index (χ3n) is 5.04. The number of piperidine rings is 1. The second-order valence-corrected chi connectivity index (χ2v) is 7.01. The van der Waals surface area contributed by atoms with Crippen molar-refractivity contribution in [3.8, 4) is 5.75 Å². The molecule has 28 heavy (non-hydrogen) atoms. The summed E-state index contributed by atoms with van der Waals surface area (Å²) < 4.78 is 7.03. The van der Waals surface area contributed by atoms with Gasteiger partial charge in [-0.25, -0.2) is 9.50 Å². The number of aliphatic hydroxyl groups excluding tert-OH is 2. The van der Waals surface area contributed by atoms with E-state index in [4.69, 9.17) is 10.5 Å². The standard InChI is InChI=1S/C19H24N6O3/c1-28-14-4-2-3-13(7-14)23-19-18-12(5-6-25(18)22-11-21-19)8-24-9-15(26)17(20)16(27)10-24/h2-7,11,15-17,26-27H,8-10,20H2,1H3,(H,21,22,23)/t15-,16-/m1/s1. The number of aromatic nitrogens is 3. The molecule has 2 atom stereocenters. The maximum absolute atomic E-state index is 10.1. The van der Waals surface area contributed by atoms with Gasteiger partial charge in [0.1, 0.15) is 17.6 Å². The number of hydrogen-bond acceptors (Lipinski definition) is 8. The first-order valence-corrected chi connectivity index (χ1v) is 9.11. The molecule has 148 valence electrons. The third-order valence-corrected chi connectivity index (χ3v) is 5.04. The fourth-order valence-corrected chi connectivity index (χ4v) is 3.55. The average molecular weight is 384 g/mol. The first-order valence-electron chi connectivity index (χ1n) is 9.11. The summed E-state index contributed by atoms with van der Waals surface area (Å²) in [4.78, 5) is 6.39. The zero-order chi connectivity index (χ0) is 19.7. The van der Waals surface area contributed by atoms with Gasteiger partial charge in [-0.1, -0.05) is 6.07 Å². The van der Waals surface area contributed by atoms with Gasteiger partial charge in [-0.05, 0) is 23.8 Å². The van der Waals surface area contributed by atoms with Gasteiger partial charge >= 0.3 is 0 Å². The fraction of sp³-hybridized carbons (Fsp3) is 0.368. The van der Waals surface area contributed by atoms with Crippen LogP contribution in [0.3, 0.4) is 0 Å². The quantitative estimate of drug-likeness (QED) is 0.497. The molecule has 3 heterocycles. The second-order valence-electron chi connectivity index (χ2n) is 7.01. The molecule has 0 unspecified atom stereocenters. The van der Waals surface area contributed by atoms with Gasteiger partial charge in [0, 0.05) is 37.6 Å². The van der Waals surface area contributed by atoms with E-state index < -0.39 is 18.2 Å². The van der Waals surface area contributed by atoms with E-state index in [0.717, 1.165) is 22.5 Å². The largest absolute Gasteiger partial charge is 0.497 e. The normalized spacial score (nSPS) is 21.1. The monoisotopic (exact) mass is 384 g/mol.